The Balaban J connectivity index is 1.39. The fraction of sp³-hybridized carbons (Fsp3) is 0.0750. The van der Waals surface area contributed by atoms with Gasteiger partial charge in [0.15, 0.2) is 17.5 Å². The molecule has 0 saturated carbocycles. The molecule has 0 unspecified atom stereocenters. The average molecular weight is 552 g/mol. The van der Waals surface area contributed by atoms with E-state index >= 15 is 0 Å². The zero-order chi connectivity index (χ0) is 29.0. The molecule has 0 aliphatic heterocycles. The van der Waals surface area contributed by atoms with Crippen LogP contribution in [0.15, 0.2) is 140 Å². The van der Waals surface area contributed by atoms with E-state index in [0.717, 1.165) is 27.8 Å². The molecule has 0 amide bonds. The normalized spacial score (nSPS) is 13.1. The van der Waals surface area contributed by atoms with Crippen LogP contribution in [0.1, 0.15) is 25.0 Å². The van der Waals surface area contributed by atoms with Crippen LogP contribution in [0, 0.1) is 0 Å². The summed E-state index contributed by atoms with van der Waals surface area (Å²) in [5, 5.41) is 2.36. The molecule has 3 nitrogen and oxygen atoms in total. The number of hydrogen-bond acceptors (Lipinski definition) is 3. The predicted molar refractivity (Wildman–Crippen MR) is 177 cm³/mol. The quantitative estimate of drug-likeness (QED) is 0.218. The third kappa shape index (κ3) is 4.16. The lowest BCUT2D eigenvalue weighted by Crippen LogP contribution is -2.14. The summed E-state index contributed by atoms with van der Waals surface area (Å²) >= 11 is 0. The molecule has 1 aromatic heterocycles. The van der Waals surface area contributed by atoms with Gasteiger partial charge in [0.2, 0.25) is 0 Å². The highest BCUT2D eigenvalue weighted by atomic mass is 15.0. The van der Waals surface area contributed by atoms with Crippen molar-refractivity contribution in [2.45, 2.75) is 19.3 Å². The second-order valence-electron chi connectivity index (χ2n) is 11.7. The maximum atomic E-state index is 5.10. The molecule has 0 atom stereocenters. The first-order valence-electron chi connectivity index (χ1n) is 14.7. The number of benzene rings is 6. The van der Waals surface area contributed by atoms with Crippen molar-refractivity contribution in [2.75, 3.05) is 0 Å². The van der Waals surface area contributed by atoms with Gasteiger partial charge in [0, 0.05) is 27.7 Å². The van der Waals surface area contributed by atoms with Crippen LogP contribution in [0.4, 0.5) is 0 Å². The van der Waals surface area contributed by atoms with Crippen LogP contribution in [0.3, 0.4) is 0 Å². The molecule has 1 aliphatic rings. The van der Waals surface area contributed by atoms with Gasteiger partial charge >= 0.3 is 0 Å². The monoisotopic (exact) mass is 551 g/mol. The first-order valence-corrected chi connectivity index (χ1v) is 14.7. The van der Waals surface area contributed by atoms with Gasteiger partial charge in [-0.05, 0) is 50.7 Å². The van der Waals surface area contributed by atoms with Crippen molar-refractivity contribution >= 4 is 10.8 Å². The second-order valence-corrected chi connectivity index (χ2v) is 11.7. The van der Waals surface area contributed by atoms with Crippen molar-refractivity contribution in [2.24, 2.45) is 0 Å². The van der Waals surface area contributed by atoms with E-state index in [4.69, 9.17) is 15.0 Å². The van der Waals surface area contributed by atoms with E-state index < -0.39 is 0 Å². The van der Waals surface area contributed by atoms with Gasteiger partial charge in [-0.25, -0.2) is 15.0 Å². The summed E-state index contributed by atoms with van der Waals surface area (Å²) in [6.07, 6.45) is 0. The van der Waals surface area contributed by atoms with Gasteiger partial charge in [0.05, 0.1) is 0 Å². The third-order valence-corrected chi connectivity index (χ3v) is 8.74. The Bertz CT molecular complexity index is 2090. The van der Waals surface area contributed by atoms with Crippen molar-refractivity contribution < 1.29 is 0 Å². The summed E-state index contributed by atoms with van der Waals surface area (Å²) < 4.78 is 0. The fourth-order valence-electron chi connectivity index (χ4n) is 6.56. The third-order valence-electron chi connectivity index (χ3n) is 8.74. The SMILES string of the molecule is CC1(C)c2ccccc2-c2ccc(-c3c(-c4nc(-c5ccccc5)nc(-c5ccccc5)n4)ccc4ccccc34)cc21. The second kappa shape index (κ2) is 9.85. The Kier molecular flexibility index (Phi) is 5.80. The molecule has 1 aliphatic carbocycles. The van der Waals surface area contributed by atoms with Gasteiger partial charge in [0.1, 0.15) is 0 Å². The molecule has 0 radical (unpaired) electrons. The maximum absolute atomic E-state index is 5.10. The summed E-state index contributed by atoms with van der Waals surface area (Å²) in [5.74, 6) is 1.99. The molecule has 43 heavy (non-hydrogen) atoms. The van der Waals surface area contributed by atoms with Crippen molar-refractivity contribution in [1.29, 1.82) is 0 Å². The van der Waals surface area contributed by atoms with E-state index in [1.165, 1.54) is 33.0 Å². The molecule has 3 heteroatoms. The number of rotatable bonds is 4. The smallest absolute Gasteiger partial charge is 0.164 e. The zero-order valence-corrected chi connectivity index (χ0v) is 24.1. The Morgan fingerprint density at radius 3 is 1.70 bits per heavy atom. The topological polar surface area (TPSA) is 38.7 Å². The molecule has 0 saturated heterocycles. The van der Waals surface area contributed by atoms with Crippen LogP contribution in [0.25, 0.3) is 67.2 Å². The average Bonchev–Trinajstić information content (AvgIpc) is 3.30. The molecule has 1 heterocycles. The van der Waals surface area contributed by atoms with Crippen molar-refractivity contribution in [3.63, 3.8) is 0 Å². The van der Waals surface area contributed by atoms with Crippen LogP contribution in [-0.4, -0.2) is 15.0 Å². The van der Waals surface area contributed by atoms with E-state index in [0.29, 0.717) is 17.5 Å². The number of fused-ring (bicyclic) bond motifs is 4. The number of hydrogen-bond donors (Lipinski definition) is 0. The van der Waals surface area contributed by atoms with E-state index in [-0.39, 0.29) is 5.41 Å². The van der Waals surface area contributed by atoms with Gasteiger partial charge in [-0.15, -0.1) is 0 Å². The summed E-state index contributed by atoms with van der Waals surface area (Å²) in [6, 6.07) is 49.0. The number of aromatic nitrogens is 3. The molecule has 0 fully saturated rings. The van der Waals surface area contributed by atoms with Gasteiger partial charge < -0.3 is 0 Å². The lowest BCUT2D eigenvalue weighted by atomic mass is 9.81. The molecule has 7 aromatic rings. The van der Waals surface area contributed by atoms with Crippen molar-refractivity contribution in [3.05, 3.63) is 151 Å². The van der Waals surface area contributed by atoms with Crippen LogP contribution in [-0.2, 0) is 5.41 Å². The van der Waals surface area contributed by atoms with Gasteiger partial charge in [-0.3, -0.25) is 0 Å². The first kappa shape index (κ1) is 25.3. The molecule has 0 bridgehead atoms. The lowest BCUT2D eigenvalue weighted by molar-refractivity contribution is 0.660. The highest BCUT2D eigenvalue weighted by Gasteiger charge is 2.35. The highest BCUT2D eigenvalue weighted by molar-refractivity contribution is 6.04. The molecule has 204 valence electrons. The summed E-state index contributed by atoms with van der Waals surface area (Å²) in [5.41, 5.74) is 10.5. The molecule has 6 aromatic carbocycles. The highest BCUT2D eigenvalue weighted by Crippen LogP contribution is 2.50. The van der Waals surface area contributed by atoms with Crippen LogP contribution >= 0.6 is 0 Å². The van der Waals surface area contributed by atoms with E-state index in [9.17, 15) is 0 Å². The minimum absolute atomic E-state index is 0.0964. The zero-order valence-electron chi connectivity index (χ0n) is 24.1. The molecule has 8 rings (SSSR count). The standard InChI is InChI=1S/C40H29N3/c1-40(2)34-20-12-11-19-31(34)32-23-22-29(25-35(32)40)36-30-18-10-9-13-26(30)21-24-33(36)39-42-37(27-14-5-3-6-15-27)41-38(43-39)28-16-7-4-8-17-28/h3-25H,1-2H3. The Hall–Kier alpha value is -5.41. The van der Waals surface area contributed by atoms with E-state index in [1.807, 2.05) is 36.4 Å². The molecule has 0 N–H and O–H groups in total. The van der Waals surface area contributed by atoms with Crippen LogP contribution < -0.4 is 0 Å². The van der Waals surface area contributed by atoms with Crippen molar-refractivity contribution in [1.82, 2.24) is 15.0 Å². The van der Waals surface area contributed by atoms with Gasteiger partial charge in [-0.1, -0.05) is 141 Å². The fourth-order valence-corrected chi connectivity index (χ4v) is 6.56. The Labute approximate surface area is 251 Å². The Morgan fingerprint density at radius 1 is 0.419 bits per heavy atom. The molecular formula is C40H29N3. The van der Waals surface area contributed by atoms with Gasteiger partial charge in [0.25, 0.3) is 0 Å². The summed E-state index contributed by atoms with van der Waals surface area (Å²) in [4.78, 5) is 15.1. The van der Waals surface area contributed by atoms with E-state index in [1.54, 1.807) is 0 Å². The first-order chi connectivity index (χ1) is 21.1. The summed E-state index contributed by atoms with van der Waals surface area (Å²) in [7, 11) is 0. The molecule has 0 spiro atoms. The number of nitrogens with zero attached hydrogens (tertiary/aromatic N) is 3. The summed E-state index contributed by atoms with van der Waals surface area (Å²) in [6.45, 7) is 4.66. The van der Waals surface area contributed by atoms with Crippen LogP contribution in [0.2, 0.25) is 0 Å². The predicted octanol–water partition coefficient (Wildman–Crippen LogP) is 10.00. The minimum atomic E-state index is -0.0964. The van der Waals surface area contributed by atoms with E-state index in [2.05, 4.69) is 117 Å². The van der Waals surface area contributed by atoms with Gasteiger partial charge in [-0.2, -0.15) is 0 Å². The minimum Gasteiger partial charge on any atom is -0.208 e. The Morgan fingerprint density at radius 2 is 0.977 bits per heavy atom. The van der Waals surface area contributed by atoms with Crippen molar-refractivity contribution in [3.8, 4) is 56.4 Å². The maximum Gasteiger partial charge on any atom is 0.164 e. The largest absolute Gasteiger partial charge is 0.208 e. The molecular weight excluding hydrogens is 522 g/mol. The lowest BCUT2D eigenvalue weighted by Gasteiger charge is -2.22. The van der Waals surface area contributed by atoms with Crippen LogP contribution in [0.5, 0.6) is 0 Å².